The van der Waals surface area contributed by atoms with Crippen molar-refractivity contribution in [3.63, 3.8) is 0 Å². The number of aliphatic hydroxyl groups is 1. The molecule has 6 heteroatoms. The van der Waals surface area contributed by atoms with Crippen LogP contribution in [-0.4, -0.2) is 34.5 Å². The lowest BCUT2D eigenvalue weighted by Crippen LogP contribution is -2.17. The van der Waals surface area contributed by atoms with Gasteiger partial charge in [-0.25, -0.2) is 9.97 Å². The van der Waals surface area contributed by atoms with E-state index in [2.05, 4.69) is 15.3 Å². The van der Waals surface area contributed by atoms with Gasteiger partial charge in [-0.1, -0.05) is 11.8 Å². The van der Waals surface area contributed by atoms with E-state index in [0.29, 0.717) is 11.0 Å². The molecule has 0 saturated heterocycles. The summed E-state index contributed by atoms with van der Waals surface area (Å²) in [6.45, 7) is 1.10. The molecule has 0 aromatic carbocycles. The molecule has 4 N–H and O–H groups in total. The van der Waals surface area contributed by atoms with Crippen LogP contribution in [0.5, 0.6) is 0 Å². The largest absolute Gasteiger partial charge is 0.396 e. The molecule has 0 amide bonds. The number of anilines is 2. The second kappa shape index (κ2) is 5.10. The molecule has 0 radical (unpaired) electrons. The van der Waals surface area contributed by atoms with E-state index < -0.39 is 0 Å². The highest BCUT2D eigenvalue weighted by Crippen LogP contribution is 2.48. The van der Waals surface area contributed by atoms with Crippen molar-refractivity contribution in [2.45, 2.75) is 24.4 Å². The smallest absolute Gasteiger partial charge is 0.191 e. The molecular weight excluding hydrogens is 236 g/mol. The number of nitrogen functional groups attached to an aromatic ring is 1. The third-order valence-corrected chi connectivity index (χ3v) is 3.70. The lowest BCUT2D eigenvalue weighted by Gasteiger charge is -2.15. The van der Waals surface area contributed by atoms with Gasteiger partial charge in [-0.15, -0.1) is 0 Å². The van der Waals surface area contributed by atoms with Gasteiger partial charge in [0.2, 0.25) is 0 Å². The van der Waals surface area contributed by atoms with E-state index in [-0.39, 0.29) is 12.0 Å². The predicted molar refractivity (Wildman–Crippen MR) is 70.1 cm³/mol. The van der Waals surface area contributed by atoms with Crippen molar-refractivity contribution in [3.8, 4) is 0 Å². The van der Waals surface area contributed by atoms with E-state index in [4.69, 9.17) is 10.8 Å². The molecule has 1 heterocycles. The SMILES string of the molecule is CSc1nc(N)cc(NCC2(CCO)CC2)n1. The molecular formula is C11H18N4OS. The second-order valence-electron chi connectivity index (χ2n) is 4.49. The Labute approximate surface area is 105 Å². The van der Waals surface area contributed by atoms with E-state index in [1.807, 2.05) is 6.26 Å². The van der Waals surface area contributed by atoms with Gasteiger partial charge in [0.25, 0.3) is 0 Å². The van der Waals surface area contributed by atoms with E-state index in [1.165, 1.54) is 24.6 Å². The van der Waals surface area contributed by atoms with Crippen LogP contribution in [0.15, 0.2) is 11.2 Å². The lowest BCUT2D eigenvalue weighted by atomic mass is 10.0. The average molecular weight is 254 g/mol. The fraction of sp³-hybridized carbons (Fsp3) is 0.636. The molecule has 0 bridgehead atoms. The van der Waals surface area contributed by atoms with Crippen molar-refractivity contribution in [1.29, 1.82) is 0 Å². The monoisotopic (exact) mass is 254 g/mol. The zero-order valence-corrected chi connectivity index (χ0v) is 10.8. The van der Waals surface area contributed by atoms with Crippen LogP contribution in [0.1, 0.15) is 19.3 Å². The van der Waals surface area contributed by atoms with Crippen molar-refractivity contribution >= 4 is 23.4 Å². The summed E-state index contributed by atoms with van der Waals surface area (Å²) in [4.78, 5) is 8.44. The fourth-order valence-electron chi connectivity index (χ4n) is 1.83. The van der Waals surface area contributed by atoms with Gasteiger partial charge in [-0.3, -0.25) is 0 Å². The van der Waals surface area contributed by atoms with Gasteiger partial charge in [0.05, 0.1) is 0 Å². The third-order valence-electron chi connectivity index (χ3n) is 3.15. The molecule has 1 aromatic rings. The number of rotatable bonds is 6. The number of nitrogens with zero attached hydrogens (tertiary/aromatic N) is 2. The summed E-state index contributed by atoms with van der Waals surface area (Å²) >= 11 is 1.47. The molecule has 5 nitrogen and oxygen atoms in total. The zero-order chi connectivity index (χ0) is 12.3. The summed E-state index contributed by atoms with van der Waals surface area (Å²) in [5, 5.41) is 13.0. The highest BCUT2D eigenvalue weighted by molar-refractivity contribution is 7.98. The normalized spacial score (nSPS) is 16.8. The van der Waals surface area contributed by atoms with Crippen molar-refractivity contribution in [3.05, 3.63) is 6.07 Å². The van der Waals surface area contributed by atoms with Gasteiger partial charge < -0.3 is 16.2 Å². The van der Waals surface area contributed by atoms with Crippen LogP contribution < -0.4 is 11.1 Å². The molecule has 1 fully saturated rings. The predicted octanol–water partition coefficient (Wildman–Crippen LogP) is 1.36. The number of aliphatic hydroxyl groups excluding tert-OH is 1. The first-order valence-corrected chi connectivity index (χ1v) is 6.93. The van der Waals surface area contributed by atoms with Gasteiger partial charge in [-0.05, 0) is 30.9 Å². The van der Waals surface area contributed by atoms with Gasteiger partial charge in [0.1, 0.15) is 11.6 Å². The maximum Gasteiger partial charge on any atom is 0.191 e. The summed E-state index contributed by atoms with van der Waals surface area (Å²) < 4.78 is 0. The Kier molecular flexibility index (Phi) is 3.73. The minimum atomic E-state index is 0.254. The van der Waals surface area contributed by atoms with Gasteiger partial charge in [0.15, 0.2) is 5.16 Å². The van der Waals surface area contributed by atoms with Crippen LogP contribution in [0.2, 0.25) is 0 Å². The van der Waals surface area contributed by atoms with Crippen LogP contribution in [0.25, 0.3) is 0 Å². The molecule has 1 aromatic heterocycles. The Bertz CT molecular complexity index is 395. The second-order valence-corrected chi connectivity index (χ2v) is 5.27. The van der Waals surface area contributed by atoms with Gasteiger partial charge >= 0.3 is 0 Å². The molecule has 1 aliphatic rings. The maximum atomic E-state index is 8.99. The summed E-state index contributed by atoms with van der Waals surface area (Å²) in [5.74, 6) is 1.25. The van der Waals surface area contributed by atoms with Crippen molar-refractivity contribution in [2.24, 2.45) is 5.41 Å². The van der Waals surface area contributed by atoms with Crippen molar-refractivity contribution in [2.75, 3.05) is 30.5 Å². The van der Waals surface area contributed by atoms with Crippen LogP contribution >= 0.6 is 11.8 Å². The number of aromatic nitrogens is 2. The number of nitrogens with two attached hydrogens (primary N) is 1. The molecule has 0 spiro atoms. The first-order chi connectivity index (χ1) is 8.17. The number of nitrogens with one attached hydrogen (secondary N) is 1. The number of hydrogen-bond donors (Lipinski definition) is 3. The minimum Gasteiger partial charge on any atom is -0.396 e. The summed E-state index contributed by atoms with van der Waals surface area (Å²) in [7, 11) is 0. The molecule has 2 rings (SSSR count). The summed E-state index contributed by atoms with van der Waals surface area (Å²) in [5.41, 5.74) is 5.98. The molecule has 94 valence electrons. The first kappa shape index (κ1) is 12.4. The Balaban J connectivity index is 1.97. The molecule has 1 aliphatic carbocycles. The highest BCUT2D eigenvalue weighted by atomic mass is 32.2. The maximum absolute atomic E-state index is 8.99. The highest BCUT2D eigenvalue weighted by Gasteiger charge is 2.41. The molecule has 0 unspecified atom stereocenters. The van der Waals surface area contributed by atoms with Crippen LogP contribution in [0.4, 0.5) is 11.6 Å². The molecule has 0 atom stereocenters. The van der Waals surface area contributed by atoms with Crippen LogP contribution in [-0.2, 0) is 0 Å². The lowest BCUT2D eigenvalue weighted by molar-refractivity contribution is 0.253. The quantitative estimate of drug-likeness (QED) is 0.525. The first-order valence-electron chi connectivity index (χ1n) is 5.71. The van der Waals surface area contributed by atoms with Gasteiger partial charge in [0, 0.05) is 19.2 Å². The van der Waals surface area contributed by atoms with Crippen molar-refractivity contribution < 1.29 is 5.11 Å². The van der Waals surface area contributed by atoms with E-state index >= 15 is 0 Å². The van der Waals surface area contributed by atoms with E-state index in [0.717, 1.165) is 18.8 Å². The standard InChI is InChI=1S/C11H18N4OS/c1-17-10-14-8(12)6-9(15-10)13-7-11(2-3-11)4-5-16/h6,16H,2-5,7H2,1H3,(H3,12,13,14,15). The van der Waals surface area contributed by atoms with E-state index in [9.17, 15) is 0 Å². The Morgan fingerprint density at radius 2 is 2.29 bits per heavy atom. The average Bonchev–Trinajstić information content (AvgIpc) is 3.07. The van der Waals surface area contributed by atoms with Crippen LogP contribution in [0.3, 0.4) is 0 Å². The zero-order valence-electron chi connectivity index (χ0n) is 9.94. The summed E-state index contributed by atoms with van der Waals surface area (Å²) in [6.07, 6.45) is 5.13. The van der Waals surface area contributed by atoms with Crippen molar-refractivity contribution in [1.82, 2.24) is 9.97 Å². The minimum absolute atomic E-state index is 0.254. The topological polar surface area (TPSA) is 84.1 Å². The molecule has 1 saturated carbocycles. The van der Waals surface area contributed by atoms with Crippen LogP contribution in [0, 0.1) is 5.41 Å². The Hall–Kier alpha value is -1.01. The molecule has 17 heavy (non-hydrogen) atoms. The molecule has 0 aliphatic heterocycles. The number of thioether (sulfide) groups is 1. The summed E-state index contributed by atoms with van der Waals surface area (Å²) in [6, 6.07) is 1.74. The number of hydrogen-bond acceptors (Lipinski definition) is 6. The van der Waals surface area contributed by atoms with E-state index in [1.54, 1.807) is 6.07 Å². The third kappa shape index (κ3) is 3.23. The Morgan fingerprint density at radius 1 is 1.53 bits per heavy atom. The Morgan fingerprint density at radius 3 is 2.88 bits per heavy atom. The fourth-order valence-corrected chi connectivity index (χ4v) is 2.22. The van der Waals surface area contributed by atoms with Gasteiger partial charge in [-0.2, -0.15) is 0 Å².